The summed E-state index contributed by atoms with van der Waals surface area (Å²) in [7, 11) is 2.12. The quantitative estimate of drug-likeness (QED) is 0.223. The molecule has 11 heteroatoms. The van der Waals surface area contributed by atoms with Crippen molar-refractivity contribution in [2.45, 2.75) is 75.7 Å². The first-order valence-corrected chi connectivity index (χ1v) is 17.1. The summed E-state index contributed by atoms with van der Waals surface area (Å²) in [6.45, 7) is 5.85. The van der Waals surface area contributed by atoms with Crippen LogP contribution in [0.4, 0.5) is 0 Å². The molecule has 3 aliphatic rings. The van der Waals surface area contributed by atoms with Gasteiger partial charge in [0.05, 0.1) is 6.04 Å². The number of nitrogens with one attached hydrogen (secondary N) is 2. The first-order chi connectivity index (χ1) is 22.6. The summed E-state index contributed by atoms with van der Waals surface area (Å²) in [5, 5.41) is 5.79. The van der Waals surface area contributed by atoms with Crippen LogP contribution in [-0.4, -0.2) is 108 Å². The lowest BCUT2D eigenvalue weighted by Gasteiger charge is -2.34. The smallest absolute Gasteiger partial charge is 0.246 e. The van der Waals surface area contributed by atoms with Gasteiger partial charge in [-0.1, -0.05) is 60.7 Å². The Hall–Kier alpha value is -3.80. The van der Waals surface area contributed by atoms with Crippen LogP contribution in [0.15, 0.2) is 60.7 Å². The minimum atomic E-state index is -0.937. The number of carbonyl (C=O) groups excluding carboxylic acids is 4. The largest absolute Gasteiger partial charge is 0.343 e. The molecule has 3 aliphatic heterocycles. The molecule has 7 atom stereocenters. The fourth-order valence-electron chi connectivity index (χ4n) is 7.59. The maximum Gasteiger partial charge on any atom is 0.246 e. The van der Waals surface area contributed by atoms with Crippen molar-refractivity contribution in [2.24, 2.45) is 23.3 Å². The fourth-order valence-corrected chi connectivity index (χ4v) is 7.59. The zero-order chi connectivity index (χ0) is 33.5. The number of nitrogens with zero attached hydrogens (tertiary/aromatic N) is 3. The van der Waals surface area contributed by atoms with Crippen LogP contribution in [0, 0.1) is 11.8 Å². The highest BCUT2D eigenvalue weighted by Gasteiger charge is 2.48. The molecule has 3 saturated heterocycles. The Morgan fingerprint density at radius 3 is 2.06 bits per heavy atom. The van der Waals surface area contributed by atoms with E-state index in [0.717, 1.165) is 37.1 Å². The summed E-state index contributed by atoms with van der Waals surface area (Å²) >= 11 is 0. The number of benzene rings is 2. The Labute approximate surface area is 278 Å². The summed E-state index contributed by atoms with van der Waals surface area (Å²) in [5.74, 6) is -0.238. The monoisotopic (exact) mass is 645 g/mol. The third-order valence-electron chi connectivity index (χ3n) is 10.0. The van der Waals surface area contributed by atoms with Crippen LogP contribution in [0.3, 0.4) is 0 Å². The van der Waals surface area contributed by atoms with Crippen molar-refractivity contribution in [3.63, 3.8) is 0 Å². The molecule has 47 heavy (non-hydrogen) atoms. The second-order valence-electron chi connectivity index (χ2n) is 13.7. The van der Waals surface area contributed by atoms with E-state index in [0.29, 0.717) is 50.7 Å². The lowest BCUT2D eigenvalue weighted by atomic mass is 10.0. The number of carbonyl (C=O) groups is 4. The van der Waals surface area contributed by atoms with Gasteiger partial charge in [0.2, 0.25) is 23.6 Å². The van der Waals surface area contributed by atoms with E-state index < -0.39 is 36.0 Å². The summed E-state index contributed by atoms with van der Waals surface area (Å²) in [4.78, 5) is 61.0. The van der Waals surface area contributed by atoms with Crippen molar-refractivity contribution in [1.29, 1.82) is 0 Å². The van der Waals surface area contributed by atoms with Crippen molar-refractivity contribution in [1.82, 2.24) is 25.3 Å². The maximum absolute atomic E-state index is 14.0. The summed E-state index contributed by atoms with van der Waals surface area (Å²) in [6.07, 6.45) is 2.98. The molecular formula is C36H51N7O4. The average molecular weight is 646 g/mol. The van der Waals surface area contributed by atoms with Crippen LogP contribution in [0.1, 0.15) is 43.7 Å². The van der Waals surface area contributed by atoms with Gasteiger partial charge in [-0.2, -0.15) is 0 Å². The molecule has 0 aliphatic carbocycles. The number of fused-ring (bicyclic) bond motifs is 1. The van der Waals surface area contributed by atoms with E-state index in [4.69, 9.17) is 11.5 Å². The summed E-state index contributed by atoms with van der Waals surface area (Å²) < 4.78 is 0. The Bertz CT molecular complexity index is 1360. The van der Waals surface area contributed by atoms with Crippen molar-refractivity contribution in [2.75, 3.05) is 39.8 Å². The van der Waals surface area contributed by atoms with Gasteiger partial charge in [-0.25, -0.2) is 0 Å². The van der Waals surface area contributed by atoms with Crippen LogP contribution >= 0.6 is 0 Å². The molecule has 2 aromatic rings. The highest BCUT2D eigenvalue weighted by atomic mass is 16.2. The van der Waals surface area contributed by atoms with E-state index in [2.05, 4.69) is 22.6 Å². The van der Waals surface area contributed by atoms with Gasteiger partial charge < -0.3 is 36.8 Å². The summed E-state index contributed by atoms with van der Waals surface area (Å²) in [6, 6.07) is 15.5. The number of amides is 4. The molecule has 7 unspecified atom stereocenters. The molecule has 6 N–H and O–H groups in total. The van der Waals surface area contributed by atoms with Gasteiger partial charge in [0.1, 0.15) is 18.1 Å². The Kier molecular flexibility index (Phi) is 11.7. The minimum Gasteiger partial charge on any atom is -0.343 e. The summed E-state index contributed by atoms with van der Waals surface area (Å²) in [5.41, 5.74) is 13.8. The van der Waals surface area contributed by atoms with Gasteiger partial charge in [0.25, 0.3) is 0 Å². The number of hydrogen-bond acceptors (Lipinski definition) is 7. The Morgan fingerprint density at radius 2 is 1.47 bits per heavy atom. The Morgan fingerprint density at radius 1 is 0.872 bits per heavy atom. The SMILES string of the molecule is CC1CC(NC(=O)C(Cc2ccccc2)NC(=O)C(N)Cc2ccccc2)C(=O)N1C(CCCCN)C(=O)N1CC2CN(C)CC2C1. The van der Waals surface area contributed by atoms with Crippen LogP contribution in [0.2, 0.25) is 0 Å². The second kappa shape index (κ2) is 15.9. The number of likely N-dealkylation sites (tertiary alicyclic amines) is 3. The lowest BCUT2D eigenvalue weighted by Crippen LogP contribution is -2.56. The molecule has 3 fully saturated rings. The number of unbranched alkanes of at least 4 members (excludes halogenated alkanes) is 1. The van der Waals surface area contributed by atoms with E-state index in [1.54, 1.807) is 4.90 Å². The molecule has 3 heterocycles. The normalized spacial score (nSPS) is 24.6. The fraction of sp³-hybridized carbons (Fsp3) is 0.556. The molecule has 0 saturated carbocycles. The molecule has 5 rings (SSSR count). The molecule has 11 nitrogen and oxygen atoms in total. The van der Waals surface area contributed by atoms with E-state index in [-0.39, 0.29) is 24.3 Å². The molecule has 4 amide bonds. The van der Waals surface area contributed by atoms with Crippen LogP contribution < -0.4 is 22.1 Å². The van der Waals surface area contributed by atoms with Crippen LogP contribution in [0.25, 0.3) is 0 Å². The van der Waals surface area contributed by atoms with Crippen molar-refractivity contribution in [3.05, 3.63) is 71.8 Å². The van der Waals surface area contributed by atoms with Crippen molar-refractivity contribution in [3.8, 4) is 0 Å². The van der Waals surface area contributed by atoms with Gasteiger partial charge in [-0.15, -0.1) is 0 Å². The minimum absolute atomic E-state index is 0.00660. The molecular weight excluding hydrogens is 594 g/mol. The molecule has 254 valence electrons. The predicted molar refractivity (Wildman–Crippen MR) is 181 cm³/mol. The Balaban J connectivity index is 1.27. The molecule has 2 aromatic carbocycles. The average Bonchev–Trinajstić information content (AvgIpc) is 3.70. The third-order valence-corrected chi connectivity index (χ3v) is 10.0. The maximum atomic E-state index is 14.0. The molecule has 0 bridgehead atoms. The first kappa shape index (κ1) is 34.5. The highest BCUT2D eigenvalue weighted by molar-refractivity contribution is 5.96. The van der Waals surface area contributed by atoms with Gasteiger partial charge in [-0.05, 0) is 75.6 Å². The molecule has 0 aromatic heterocycles. The van der Waals surface area contributed by atoms with E-state index in [1.807, 2.05) is 72.5 Å². The molecule has 0 spiro atoms. The topological polar surface area (TPSA) is 154 Å². The van der Waals surface area contributed by atoms with Crippen molar-refractivity contribution >= 4 is 23.6 Å². The van der Waals surface area contributed by atoms with Crippen LogP contribution in [-0.2, 0) is 32.0 Å². The van der Waals surface area contributed by atoms with Gasteiger partial charge >= 0.3 is 0 Å². The number of rotatable bonds is 14. The van der Waals surface area contributed by atoms with Crippen molar-refractivity contribution < 1.29 is 19.2 Å². The lowest BCUT2D eigenvalue weighted by molar-refractivity contribution is -0.145. The predicted octanol–water partition coefficient (Wildman–Crippen LogP) is 0.907. The van der Waals surface area contributed by atoms with Gasteiger partial charge in [0.15, 0.2) is 0 Å². The second-order valence-corrected chi connectivity index (χ2v) is 13.7. The third kappa shape index (κ3) is 8.57. The molecule has 0 radical (unpaired) electrons. The zero-order valence-corrected chi connectivity index (χ0v) is 27.7. The van der Waals surface area contributed by atoms with E-state index >= 15 is 0 Å². The number of nitrogens with two attached hydrogens (primary N) is 2. The standard InChI is InChI=1S/C36H51N7O4/c1-24-17-31(35(46)43(24)32(15-9-10-16-37)36(47)42-22-27-20-41(2)21-28(27)23-42)40-34(45)30(19-26-13-7-4-8-14-26)39-33(44)29(38)18-25-11-5-3-6-12-25/h3-8,11-14,24,27-32H,9-10,15-23,37-38H2,1-2H3,(H,39,44)(H,40,45). The first-order valence-electron chi connectivity index (χ1n) is 17.1. The van der Waals surface area contributed by atoms with E-state index in [9.17, 15) is 19.2 Å². The number of hydrogen-bond donors (Lipinski definition) is 4. The van der Waals surface area contributed by atoms with Gasteiger partial charge in [0, 0.05) is 38.6 Å². The van der Waals surface area contributed by atoms with E-state index in [1.165, 1.54) is 0 Å². The van der Waals surface area contributed by atoms with Crippen LogP contribution in [0.5, 0.6) is 0 Å². The van der Waals surface area contributed by atoms with Gasteiger partial charge in [-0.3, -0.25) is 19.2 Å². The zero-order valence-electron chi connectivity index (χ0n) is 27.7. The highest BCUT2D eigenvalue weighted by Crippen LogP contribution is 2.33.